The lowest BCUT2D eigenvalue weighted by Crippen LogP contribution is -2.33. The molecule has 0 aliphatic carbocycles. The average Bonchev–Trinajstić information content (AvgIpc) is 3.35. The predicted molar refractivity (Wildman–Crippen MR) is 124 cm³/mol. The largest absolute Gasteiger partial charge is 0.327 e. The van der Waals surface area contributed by atoms with Crippen molar-refractivity contribution < 1.29 is 4.79 Å². The highest BCUT2D eigenvalue weighted by molar-refractivity contribution is 7.24. The van der Waals surface area contributed by atoms with Gasteiger partial charge in [0.05, 0.1) is 26.0 Å². The monoisotopic (exact) mass is 430 g/mol. The molecule has 5 nitrogen and oxygen atoms in total. The van der Waals surface area contributed by atoms with Gasteiger partial charge in [0.2, 0.25) is 0 Å². The summed E-state index contributed by atoms with van der Waals surface area (Å²) in [5, 5.41) is 7.57. The molecule has 5 aromatic rings. The SMILES string of the molecule is Cc1nc2c(ccc3nc(NC(=O)NC(c4ccccc4)c4ccccc4)sc32)s1. The van der Waals surface area contributed by atoms with Crippen molar-refractivity contribution in [2.45, 2.75) is 13.0 Å². The van der Waals surface area contributed by atoms with E-state index in [9.17, 15) is 4.79 Å². The molecule has 30 heavy (non-hydrogen) atoms. The van der Waals surface area contributed by atoms with Gasteiger partial charge >= 0.3 is 6.03 Å². The third kappa shape index (κ3) is 3.65. The van der Waals surface area contributed by atoms with E-state index in [-0.39, 0.29) is 12.1 Å². The van der Waals surface area contributed by atoms with Crippen LogP contribution in [-0.4, -0.2) is 16.0 Å². The Labute approximate surface area is 181 Å². The summed E-state index contributed by atoms with van der Waals surface area (Å²) in [6.45, 7) is 2.00. The first kappa shape index (κ1) is 18.7. The van der Waals surface area contributed by atoms with Gasteiger partial charge in [0, 0.05) is 0 Å². The molecule has 7 heteroatoms. The molecule has 5 rings (SSSR count). The Hall–Kier alpha value is -3.29. The molecule has 0 saturated heterocycles. The molecule has 0 saturated carbocycles. The number of nitrogens with zero attached hydrogens (tertiary/aromatic N) is 2. The summed E-state index contributed by atoms with van der Waals surface area (Å²) in [7, 11) is 0. The van der Waals surface area contributed by atoms with Gasteiger partial charge in [-0.05, 0) is 30.2 Å². The van der Waals surface area contributed by atoms with E-state index >= 15 is 0 Å². The highest BCUT2D eigenvalue weighted by atomic mass is 32.1. The van der Waals surface area contributed by atoms with Crippen LogP contribution in [0.5, 0.6) is 0 Å². The molecule has 0 spiro atoms. The number of anilines is 1. The van der Waals surface area contributed by atoms with Crippen LogP contribution in [0.3, 0.4) is 0 Å². The van der Waals surface area contributed by atoms with E-state index in [4.69, 9.17) is 0 Å². The summed E-state index contributed by atoms with van der Waals surface area (Å²) in [6.07, 6.45) is 0. The quantitative estimate of drug-likeness (QED) is 0.361. The third-order valence-corrected chi connectivity index (χ3v) is 6.71. The van der Waals surface area contributed by atoms with Crippen LogP contribution in [0, 0.1) is 6.92 Å². The Morgan fingerprint density at radius 2 is 1.53 bits per heavy atom. The van der Waals surface area contributed by atoms with Gasteiger partial charge in [0.25, 0.3) is 0 Å². The summed E-state index contributed by atoms with van der Waals surface area (Å²) in [5.74, 6) is 0. The molecule has 0 aliphatic heterocycles. The smallest absolute Gasteiger partial charge is 0.321 e. The van der Waals surface area contributed by atoms with Gasteiger partial charge in [-0.2, -0.15) is 0 Å². The van der Waals surface area contributed by atoms with Gasteiger partial charge < -0.3 is 5.32 Å². The molecule has 0 atom stereocenters. The van der Waals surface area contributed by atoms with Crippen LogP contribution in [-0.2, 0) is 0 Å². The van der Waals surface area contributed by atoms with Gasteiger partial charge in [0.1, 0.15) is 5.52 Å². The summed E-state index contributed by atoms with van der Waals surface area (Å²) in [6, 6.07) is 23.3. The van der Waals surface area contributed by atoms with Crippen molar-refractivity contribution in [3.63, 3.8) is 0 Å². The molecule has 0 unspecified atom stereocenters. The lowest BCUT2D eigenvalue weighted by atomic mass is 9.99. The molecule has 0 aliphatic rings. The number of rotatable bonds is 4. The van der Waals surface area contributed by atoms with Crippen molar-refractivity contribution in [3.05, 3.63) is 88.9 Å². The minimum atomic E-state index is -0.294. The Kier molecular flexibility index (Phi) is 4.90. The summed E-state index contributed by atoms with van der Waals surface area (Å²) in [5.41, 5.74) is 3.83. The van der Waals surface area contributed by atoms with E-state index in [0.717, 1.165) is 36.6 Å². The van der Waals surface area contributed by atoms with Crippen LogP contribution in [0.2, 0.25) is 0 Å². The van der Waals surface area contributed by atoms with E-state index in [1.165, 1.54) is 11.3 Å². The second-order valence-electron chi connectivity index (χ2n) is 6.87. The average molecular weight is 431 g/mol. The predicted octanol–water partition coefficient (Wildman–Crippen LogP) is 6.13. The standard InChI is InChI=1S/C23H18N4OS2/c1-14-24-20-18(29-14)13-12-17-21(20)30-23(25-17)27-22(28)26-19(15-8-4-2-5-9-15)16-10-6-3-7-11-16/h2-13,19H,1H3,(H2,25,26,27,28). The third-order valence-electron chi connectivity index (χ3n) is 4.78. The lowest BCUT2D eigenvalue weighted by molar-refractivity contribution is 0.250. The zero-order valence-corrected chi connectivity index (χ0v) is 17.8. The fourth-order valence-corrected chi connectivity index (χ4v) is 5.31. The number of benzene rings is 3. The first-order valence-corrected chi connectivity index (χ1v) is 11.1. The van der Waals surface area contributed by atoms with Crippen molar-refractivity contribution in [3.8, 4) is 0 Å². The minimum absolute atomic E-state index is 0.255. The van der Waals surface area contributed by atoms with Gasteiger partial charge in [-0.3, -0.25) is 5.32 Å². The molecular weight excluding hydrogens is 412 g/mol. The van der Waals surface area contributed by atoms with Crippen molar-refractivity contribution in [2.75, 3.05) is 5.32 Å². The topological polar surface area (TPSA) is 66.9 Å². The maximum absolute atomic E-state index is 12.8. The second-order valence-corrected chi connectivity index (χ2v) is 9.10. The molecule has 3 aromatic carbocycles. The van der Waals surface area contributed by atoms with Gasteiger partial charge in [-0.1, -0.05) is 72.0 Å². The number of aryl methyl sites for hydroxylation is 1. The number of urea groups is 1. The number of hydrogen-bond donors (Lipinski definition) is 2. The van der Waals surface area contributed by atoms with Crippen LogP contribution in [0.25, 0.3) is 20.4 Å². The van der Waals surface area contributed by atoms with E-state index in [1.807, 2.05) is 79.7 Å². The zero-order valence-electron chi connectivity index (χ0n) is 16.1. The van der Waals surface area contributed by atoms with Crippen LogP contribution in [0.1, 0.15) is 22.2 Å². The number of carbonyl (C=O) groups is 1. The Morgan fingerprint density at radius 3 is 2.20 bits per heavy atom. The van der Waals surface area contributed by atoms with Crippen molar-refractivity contribution in [1.82, 2.24) is 15.3 Å². The fraction of sp³-hybridized carbons (Fsp3) is 0.0870. The Morgan fingerprint density at radius 1 is 0.867 bits per heavy atom. The number of nitrogens with one attached hydrogen (secondary N) is 2. The maximum atomic E-state index is 12.8. The van der Waals surface area contributed by atoms with Crippen LogP contribution in [0.15, 0.2) is 72.8 Å². The molecule has 0 radical (unpaired) electrons. The van der Waals surface area contributed by atoms with Gasteiger partial charge in [-0.25, -0.2) is 14.8 Å². The number of amides is 2. The summed E-state index contributed by atoms with van der Waals surface area (Å²) < 4.78 is 2.13. The van der Waals surface area contributed by atoms with Crippen molar-refractivity contribution in [2.24, 2.45) is 0 Å². The van der Waals surface area contributed by atoms with E-state index in [1.54, 1.807) is 11.3 Å². The molecule has 2 amide bonds. The number of fused-ring (bicyclic) bond motifs is 3. The molecule has 0 bridgehead atoms. The molecule has 2 N–H and O–H groups in total. The van der Waals surface area contributed by atoms with E-state index < -0.39 is 0 Å². The first-order chi connectivity index (χ1) is 14.7. The molecule has 0 fully saturated rings. The second kappa shape index (κ2) is 7.85. The Balaban J connectivity index is 1.42. The van der Waals surface area contributed by atoms with Gasteiger partial charge in [-0.15, -0.1) is 11.3 Å². The molecular formula is C23H18N4OS2. The molecule has 148 valence electrons. The van der Waals surface area contributed by atoms with E-state index in [0.29, 0.717) is 5.13 Å². The summed E-state index contributed by atoms with van der Waals surface area (Å²) in [4.78, 5) is 22.0. The minimum Gasteiger partial charge on any atom is -0.327 e. The molecule has 2 heterocycles. The Bertz CT molecular complexity index is 1290. The number of carbonyl (C=O) groups excluding carboxylic acids is 1. The van der Waals surface area contributed by atoms with Gasteiger partial charge in [0.15, 0.2) is 5.13 Å². The maximum Gasteiger partial charge on any atom is 0.321 e. The normalized spacial score (nSPS) is 11.3. The first-order valence-electron chi connectivity index (χ1n) is 9.51. The van der Waals surface area contributed by atoms with E-state index in [2.05, 4.69) is 20.6 Å². The van der Waals surface area contributed by atoms with Crippen molar-refractivity contribution in [1.29, 1.82) is 0 Å². The highest BCUT2D eigenvalue weighted by Gasteiger charge is 2.18. The van der Waals surface area contributed by atoms with Crippen LogP contribution in [0.4, 0.5) is 9.93 Å². The lowest BCUT2D eigenvalue weighted by Gasteiger charge is -2.19. The van der Waals surface area contributed by atoms with Crippen LogP contribution >= 0.6 is 22.7 Å². The number of thiazole rings is 2. The number of hydrogen-bond acceptors (Lipinski definition) is 5. The zero-order chi connectivity index (χ0) is 20.5. The highest BCUT2D eigenvalue weighted by Crippen LogP contribution is 2.34. The molecule has 2 aromatic heterocycles. The fourth-order valence-electron chi connectivity index (χ4n) is 3.46. The van der Waals surface area contributed by atoms with Crippen LogP contribution < -0.4 is 10.6 Å². The van der Waals surface area contributed by atoms with Crippen molar-refractivity contribution >= 4 is 54.3 Å². The summed E-state index contributed by atoms with van der Waals surface area (Å²) >= 11 is 3.11. The number of aromatic nitrogens is 2.